The van der Waals surface area contributed by atoms with Crippen LogP contribution in [0.4, 0.5) is 26.1 Å². The van der Waals surface area contributed by atoms with Crippen molar-refractivity contribution in [1.82, 2.24) is 29.8 Å². The van der Waals surface area contributed by atoms with Gasteiger partial charge >= 0.3 is 0 Å². The standard InChI is InChI=1S/C33H34F2N8O3/c34-33(35,11-4-5-13-43-14-16-45-17-15-43)12-10-30(44)42-29-19-25-28(20-36-29)37-22-38-31(25)39-24-8-9-26-27(18-24)41-32(40-26)46-21-23-6-2-1-3-7-23/h1-3,6-10,12,18-20,22H,4-5,11,13-17,21H2,(H,40,41)(H,36,42,44)(H,37,38,39)/b12-10+. The minimum atomic E-state index is -3.09. The fraction of sp³-hybridized carbons (Fsp3) is 0.303. The molecule has 0 atom stereocenters. The second kappa shape index (κ2) is 14.4. The van der Waals surface area contributed by atoms with Gasteiger partial charge in [0.05, 0.1) is 36.0 Å². The quantitative estimate of drug-likeness (QED) is 0.109. The van der Waals surface area contributed by atoms with Crippen LogP contribution in [0.25, 0.3) is 21.9 Å². The molecule has 0 saturated carbocycles. The molecule has 1 fully saturated rings. The van der Waals surface area contributed by atoms with Gasteiger partial charge in [-0.1, -0.05) is 30.3 Å². The molecule has 238 valence electrons. The molecule has 1 saturated heterocycles. The second-order valence-electron chi connectivity index (χ2n) is 11.0. The average Bonchev–Trinajstić information content (AvgIpc) is 3.48. The maximum atomic E-state index is 14.4. The number of H-pyrrole nitrogens is 1. The van der Waals surface area contributed by atoms with E-state index in [-0.39, 0.29) is 12.2 Å². The SMILES string of the molecule is O=C(/C=C/C(F)(F)CCCCN1CCOCC1)Nc1cc2c(Nc3ccc4nc(OCc5ccccc5)[nH]c4c3)ncnc2cn1. The van der Waals surface area contributed by atoms with E-state index in [9.17, 15) is 13.6 Å². The molecule has 0 spiro atoms. The van der Waals surface area contributed by atoms with Crippen molar-refractivity contribution in [2.24, 2.45) is 0 Å². The summed E-state index contributed by atoms with van der Waals surface area (Å²) in [4.78, 5) is 35.2. The summed E-state index contributed by atoms with van der Waals surface area (Å²) in [7, 11) is 0. The summed E-state index contributed by atoms with van der Waals surface area (Å²) in [5, 5.41) is 6.42. The van der Waals surface area contributed by atoms with Crippen LogP contribution in [0.15, 0.2) is 79.3 Å². The number of unbranched alkanes of at least 4 members (excludes halogenated alkanes) is 1. The highest BCUT2D eigenvalue weighted by Gasteiger charge is 2.25. The van der Waals surface area contributed by atoms with E-state index >= 15 is 0 Å². The number of carbonyl (C=O) groups excluding carboxylic acids is 1. The highest BCUT2D eigenvalue weighted by molar-refractivity contribution is 6.01. The van der Waals surface area contributed by atoms with Gasteiger partial charge in [0, 0.05) is 36.7 Å². The van der Waals surface area contributed by atoms with Crippen LogP contribution in [-0.2, 0) is 16.1 Å². The number of aromatic amines is 1. The van der Waals surface area contributed by atoms with Gasteiger partial charge in [0.2, 0.25) is 5.91 Å². The molecule has 0 unspecified atom stereocenters. The van der Waals surface area contributed by atoms with Crippen molar-refractivity contribution < 1.29 is 23.0 Å². The molecule has 2 aromatic carbocycles. The monoisotopic (exact) mass is 628 g/mol. The first-order chi connectivity index (χ1) is 22.4. The number of nitrogens with one attached hydrogen (secondary N) is 3. The molecular weight excluding hydrogens is 594 g/mol. The number of ether oxygens (including phenoxy) is 2. The number of alkyl halides is 2. The number of imidazole rings is 1. The maximum absolute atomic E-state index is 14.4. The summed E-state index contributed by atoms with van der Waals surface area (Å²) in [6.07, 6.45) is 5.08. The van der Waals surface area contributed by atoms with Crippen molar-refractivity contribution in [2.75, 3.05) is 43.5 Å². The number of pyridine rings is 1. The van der Waals surface area contributed by atoms with Crippen LogP contribution in [0.1, 0.15) is 24.8 Å². The Bertz CT molecular complexity index is 1810. The zero-order chi connectivity index (χ0) is 31.8. The maximum Gasteiger partial charge on any atom is 0.294 e. The van der Waals surface area contributed by atoms with Crippen molar-refractivity contribution in [3.05, 3.63) is 84.8 Å². The second-order valence-corrected chi connectivity index (χ2v) is 11.0. The van der Waals surface area contributed by atoms with Gasteiger partial charge < -0.3 is 25.1 Å². The summed E-state index contributed by atoms with van der Waals surface area (Å²) in [6, 6.07) is 17.4. The number of morpholine rings is 1. The van der Waals surface area contributed by atoms with Crippen LogP contribution in [-0.4, -0.2) is 74.5 Å². The van der Waals surface area contributed by atoms with Crippen LogP contribution in [0.3, 0.4) is 0 Å². The Morgan fingerprint density at radius 2 is 1.89 bits per heavy atom. The molecule has 1 aliphatic rings. The van der Waals surface area contributed by atoms with E-state index in [0.717, 1.165) is 48.0 Å². The molecule has 1 amide bonds. The van der Waals surface area contributed by atoms with Gasteiger partial charge in [-0.2, -0.15) is 4.98 Å². The Balaban J connectivity index is 1.06. The van der Waals surface area contributed by atoms with E-state index in [2.05, 4.69) is 40.5 Å². The van der Waals surface area contributed by atoms with Crippen molar-refractivity contribution in [2.45, 2.75) is 31.8 Å². The Morgan fingerprint density at radius 3 is 2.74 bits per heavy atom. The zero-order valence-electron chi connectivity index (χ0n) is 25.1. The Hall–Kier alpha value is -5.01. The Morgan fingerprint density at radius 1 is 1.04 bits per heavy atom. The third-order valence-electron chi connectivity index (χ3n) is 7.53. The van der Waals surface area contributed by atoms with E-state index in [4.69, 9.17) is 9.47 Å². The highest BCUT2D eigenvalue weighted by atomic mass is 19.3. The third-order valence-corrected chi connectivity index (χ3v) is 7.53. The first-order valence-corrected chi connectivity index (χ1v) is 15.1. The molecule has 0 bridgehead atoms. The van der Waals surface area contributed by atoms with E-state index in [1.165, 1.54) is 12.5 Å². The van der Waals surface area contributed by atoms with E-state index < -0.39 is 11.8 Å². The number of halogens is 2. The molecule has 1 aliphatic heterocycles. The minimum Gasteiger partial charge on any atom is -0.460 e. The molecular formula is C33H34F2N8O3. The number of anilines is 3. The molecule has 3 aromatic heterocycles. The fourth-order valence-electron chi connectivity index (χ4n) is 5.09. The predicted octanol–water partition coefficient (Wildman–Crippen LogP) is 5.86. The molecule has 6 rings (SSSR count). The number of hydrogen-bond donors (Lipinski definition) is 3. The number of fused-ring (bicyclic) bond motifs is 2. The van der Waals surface area contributed by atoms with E-state index in [1.54, 1.807) is 6.07 Å². The number of amides is 1. The number of carbonyl (C=O) groups is 1. The van der Waals surface area contributed by atoms with Crippen LogP contribution in [0.5, 0.6) is 6.01 Å². The minimum absolute atomic E-state index is 0.179. The summed E-state index contributed by atoms with van der Waals surface area (Å²) >= 11 is 0. The number of allylic oxidation sites excluding steroid dienone is 1. The molecule has 5 aromatic rings. The molecule has 0 radical (unpaired) electrons. The zero-order valence-corrected chi connectivity index (χ0v) is 25.1. The fourth-order valence-corrected chi connectivity index (χ4v) is 5.09. The van der Waals surface area contributed by atoms with Crippen LogP contribution in [0, 0.1) is 0 Å². The molecule has 3 N–H and O–H groups in total. The molecule has 11 nitrogen and oxygen atoms in total. The summed E-state index contributed by atoms with van der Waals surface area (Å²) < 4.78 is 39.9. The lowest BCUT2D eigenvalue weighted by Crippen LogP contribution is -2.36. The lowest BCUT2D eigenvalue weighted by atomic mass is 10.1. The topological polar surface area (TPSA) is 130 Å². The smallest absolute Gasteiger partial charge is 0.294 e. The molecule has 4 heterocycles. The Kier molecular flexibility index (Phi) is 9.70. The number of aromatic nitrogens is 5. The summed E-state index contributed by atoms with van der Waals surface area (Å²) in [5.41, 5.74) is 3.80. The summed E-state index contributed by atoms with van der Waals surface area (Å²) in [5.74, 6) is -3.14. The molecule has 13 heteroatoms. The largest absolute Gasteiger partial charge is 0.460 e. The predicted molar refractivity (Wildman–Crippen MR) is 171 cm³/mol. The number of rotatable bonds is 13. The van der Waals surface area contributed by atoms with Gasteiger partial charge in [-0.25, -0.2) is 23.7 Å². The van der Waals surface area contributed by atoms with Crippen LogP contribution < -0.4 is 15.4 Å². The first kappa shape index (κ1) is 31.0. The Labute approximate surface area is 264 Å². The van der Waals surface area contributed by atoms with Gasteiger partial charge in [0.1, 0.15) is 24.6 Å². The number of hydrogen-bond acceptors (Lipinski definition) is 9. The lowest BCUT2D eigenvalue weighted by molar-refractivity contribution is -0.112. The van der Waals surface area contributed by atoms with Gasteiger partial charge in [0.25, 0.3) is 11.9 Å². The normalized spacial score (nSPS) is 14.2. The van der Waals surface area contributed by atoms with Crippen molar-refractivity contribution in [3.63, 3.8) is 0 Å². The highest BCUT2D eigenvalue weighted by Crippen LogP contribution is 2.27. The first-order valence-electron chi connectivity index (χ1n) is 15.1. The number of nitrogens with zero attached hydrogens (tertiary/aromatic N) is 5. The van der Waals surface area contributed by atoms with E-state index in [1.807, 2.05) is 48.5 Å². The number of benzene rings is 2. The molecule has 0 aliphatic carbocycles. The van der Waals surface area contributed by atoms with Crippen molar-refractivity contribution in [1.29, 1.82) is 0 Å². The summed E-state index contributed by atoms with van der Waals surface area (Å²) in [6.45, 7) is 4.17. The van der Waals surface area contributed by atoms with Gasteiger partial charge in [-0.05, 0) is 55.3 Å². The van der Waals surface area contributed by atoms with Crippen LogP contribution >= 0.6 is 0 Å². The lowest BCUT2D eigenvalue weighted by Gasteiger charge is -2.26. The van der Waals surface area contributed by atoms with Gasteiger partial charge in [-0.15, -0.1) is 0 Å². The van der Waals surface area contributed by atoms with Gasteiger partial charge in [0.15, 0.2) is 0 Å². The van der Waals surface area contributed by atoms with Gasteiger partial charge in [-0.3, -0.25) is 9.69 Å². The van der Waals surface area contributed by atoms with Crippen LogP contribution in [0.2, 0.25) is 0 Å². The third kappa shape index (κ3) is 8.37. The average molecular weight is 629 g/mol. The molecule has 46 heavy (non-hydrogen) atoms. The van der Waals surface area contributed by atoms with Crippen molar-refractivity contribution in [3.8, 4) is 6.01 Å². The van der Waals surface area contributed by atoms with Crippen molar-refractivity contribution >= 4 is 45.2 Å². The van der Waals surface area contributed by atoms with E-state index in [0.29, 0.717) is 61.5 Å².